The first-order chi connectivity index (χ1) is 9.36. The molecule has 1 fully saturated rings. The van der Waals surface area contributed by atoms with E-state index in [9.17, 15) is 0 Å². The second-order valence-electron chi connectivity index (χ2n) is 7.69. The van der Waals surface area contributed by atoms with Crippen molar-refractivity contribution in [2.75, 3.05) is 0 Å². The highest BCUT2D eigenvalue weighted by molar-refractivity contribution is 9.09. The molecule has 20 heavy (non-hydrogen) atoms. The van der Waals surface area contributed by atoms with Gasteiger partial charge in [-0.2, -0.15) is 0 Å². The number of rotatable bonds is 3. The van der Waals surface area contributed by atoms with Gasteiger partial charge in [0.15, 0.2) is 0 Å². The number of aryl methyl sites for hydroxylation is 1. The van der Waals surface area contributed by atoms with Gasteiger partial charge >= 0.3 is 0 Å². The summed E-state index contributed by atoms with van der Waals surface area (Å²) in [6.45, 7) is 9.38. The molecule has 1 heteroatoms. The van der Waals surface area contributed by atoms with Gasteiger partial charge in [-0.25, -0.2) is 0 Å². The molecule has 1 atom stereocenters. The highest BCUT2D eigenvalue weighted by atomic mass is 79.9. The van der Waals surface area contributed by atoms with E-state index in [-0.39, 0.29) is 0 Å². The van der Waals surface area contributed by atoms with Crippen molar-refractivity contribution in [1.82, 2.24) is 0 Å². The van der Waals surface area contributed by atoms with E-state index in [1.165, 1.54) is 43.2 Å². The van der Waals surface area contributed by atoms with Gasteiger partial charge in [0.05, 0.1) is 0 Å². The molecule has 0 heterocycles. The highest BCUT2D eigenvalue weighted by Gasteiger charge is 2.32. The van der Waals surface area contributed by atoms with E-state index in [1.807, 2.05) is 0 Å². The third kappa shape index (κ3) is 4.35. The Bertz CT molecular complexity index is 422. The predicted octanol–water partition coefficient (Wildman–Crippen LogP) is 6.15. The summed E-state index contributed by atoms with van der Waals surface area (Å²) in [6, 6.07) is 8.96. The summed E-state index contributed by atoms with van der Waals surface area (Å²) < 4.78 is 0. The highest BCUT2D eigenvalue weighted by Crippen LogP contribution is 2.42. The van der Waals surface area contributed by atoms with Crippen LogP contribution in [-0.2, 0) is 6.42 Å². The summed E-state index contributed by atoms with van der Waals surface area (Å²) in [6.07, 6.45) is 6.77. The first-order valence-electron chi connectivity index (χ1n) is 8.06. The molecule has 0 N–H and O–H groups in total. The van der Waals surface area contributed by atoms with Crippen LogP contribution in [0.5, 0.6) is 0 Å². The van der Waals surface area contributed by atoms with Crippen LogP contribution in [0.1, 0.15) is 57.6 Å². The van der Waals surface area contributed by atoms with Crippen LogP contribution in [0, 0.1) is 24.2 Å². The van der Waals surface area contributed by atoms with Crippen LogP contribution in [0.4, 0.5) is 0 Å². The predicted molar refractivity (Wildman–Crippen MR) is 92.5 cm³/mol. The smallest absolute Gasteiger partial charge is 0.0214 e. The van der Waals surface area contributed by atoms with Crippen molar-refractivity contribution >= 4 is 15.9 Å². The van der Waals surface area contributed by atoms with Crippen LogP contribution >= 0.6 is 15.9 Å². The van der Waals surface area contributed by atoms with Gasteiger partial charge < -0.3 is 0 Å². The number of hydrogen-bond acceptors (Lipinski definition) is 0. The quantitative estimate of drug-likeness (QED) is 0.580. The molecule has 1 aromatic rings. The Balaban J connectivity index is 1.87. The lowest BCUT2D eigenvalue weighted by atomic mass is 9.69. The molecular formula is C19H29Br. The average Bonchev–Trinajstić information content (AvgIpc) is 2.38. The molecule has 0 aliphatic heterocycles. The zero-order valence-electron chi connectivity index (χ0n) is 13.5. The number of benzene rings is 1. The standard InChI is InChI=1S/C19H29Br/c1-14-6-5-7-15(12-14)13-18(20)16-8-10-17(11-9-16)19(2,3)4/h5-7,12,16-18H,8-11,13H2,1-4H3. The van der Waals surface area contributed by atoms with Crippen LogP contribution in [-0.4, -0.2) is 4.83 Å². The van der Waals surface area contributed by atoms with Gasteiger partial charge in [-0.15, -0.1) is 0 Å². The van der Waals surface area contributed by atoms with Crippen molar-refractivity contribution < 1.29 is 0 Å². The summed E-state index contributed by atoms with van der Waals surface area (Å²) in [5.41, 5.74) is 3.34. The minimum absolute atomic E-state index is 0.489. The van der Waals surface area contributed by atoms with Crippen LogP contribution in [0.2, 0.25) is 0 Å². The first kappa shape index (κ1) is 16.1. The molecule has 0 aromatic heterocycles. The molecule has 1 saturated carbocycles. The van der Waals surface area contributed by atoms with Crippen LogP contribution in [0.15, 0.2) is 24.3 Å². The number of hydrogen-bond donors (Lipinski definition) is 0. The molecule has 0 bridgehead atoms. The summed E-state index contributed by atoms with van der Waals surface area (Å²) in [5.74, 6) is 1.77. The topological polar surface area (TPSA) is 0 Å². The largest absolute Gasteiger partial charge is 0.0884 e. The normalized spacial score (nSPS) is 25.4. The summed E-state index contributed by atoms with van der Waals surface area (Å²) in [7, 11) is 0. The maximum atomic E-state index is 3.97. The molecule has 112 valence electrons. The Kier molecular flexibility index (Phi) is 5.34. The van der Waals surface area contributed by atoms with Gasteiger partial charge in [-0.1, -0.05) is 66.5 Å². The Hall–Kier alpha value is -0.300. The zero-order chi connectivity index (χ0) is 14.8. The zero-order valence-corrected chi connectivity index (χ0v) is 15.0. The minimum Gasteiger partial charge on any atom is -0.0884 e. The Morgan fingerprint density at radius 1 is 1.15 bits per heavy atom. The van der Waals surface area contributed by atoms with E-state index in [2.05, 4.69) is 67.9 Å². The van der Waals surface area contributed by atoms with Gasteiger partial charge in [-0.05, 0) is 61.8 Å². The second-order valence-corrected chi connectivity index (χ2v) is 8.86. The Labute approximate surface area is 133 Å². The maximum absolute atomic E-state index is 3.97. The minimum atomic E-state index is 0.489. The van der Waals surface area contributed by atoms with Crippen molar-refractivity contribution in [2.45, 2.75) is 64.6 Å². The van der Waals surface area contributed by atoms with Crippen molar-refractivity contribution in [3.05, 3.63) is 35.4 Å². The van der Waals surface area contributed by atoms with Gasteiger partial charge in [0.1, 0.15) is 0 Å². The van der Waals surface area contributed by atoms with Gasteiger partial charge in [0.2, 0.25) is 0 Å². The molecule has 0 amide bonds. The molecule has 0 radical (unpaired) electrons. The molecule has 1 unspecified atom stereocenters. The van der Waals surface area contributed by atoms with Gasteiger partial charge in [0, 0.05) is 4.83 Å². The van der Waals surface area contributed by atoms with Crippen LogP contribution in [0.25, 0.3) is 0 Å². The maximum Gasteiger partial charge on any atom is 0.0214 e. The van der Waals surface area contributed by atoms with Crippen molar-refractivity contribution in [3.63, 3.8) is 0 Å². The fourth-order valence-electron chi connectivity index (χ4n) is 3.58. The Morgan fingerprint density at radius 2 is 1.80 bits per heavy atom. The third-order valence-corrected chi connectivity index (χ3v) is 6.09. The number of alkyl halides is 1. The van der Waals surface area contributed by atoms with Gasteiger partial charge in [-0.3, -0.25) is 0 Å². The lowest BCUT2D eigenvalue weighted by Crippen LogP contribution is -2.29. The molecule has 1 aliphatic rings. The lowest BCUT2D eigenvalue weighted by molar-refractivity contribution is 0.149. The SMILES string of the molecule is Cc1cccc(CC(Br)C2CCC(C(C)(C)C)CC2)c1. The molecule has 0 saturated heterocycles. The van der Waals surface area contributed by atoms with E-state index in [0.717, 1.165) is 11.8 Å². The molecule has 1 aliphatic carbocycles. The fourth-order valence-corrected chi connectivity index (χ4v) is 4.48. The van der Waals surface area contributed by atoms with Gasteiger partial charge in [0.25, 0.3) is 0 Å². The average molecular weight is 337 g/mol. The lowest BCUT2D eigenvalue weighted by Gasteiger charge is -2.38. The van der Waals surface area contributed by atoms with E-state index in [4.69, 9.17) is 0 Å². The Morgan fingerprint density at radius 3 is 2.35 bits per heavy atom. The van der Waals surface area contributed by atoms with Crippen molar-refractivity contribution in [3.8, 4) is 0 Å². The molecule has 1 aromatic carbocycles. The third-order valence-electron chi connectivity index (χ3n) is 5.02. The molecule has 0 nitrogen and oxygen atoms in total. The first-order valence-corrected chi connectivity index (χ1v) is 8.97. The van der Waals surface area contributed by atoms with Crippen LogP contribution < -0.4 is 0 Å². The summed E-state index contributed by atoms with van der Waals surface area (Å²) in [4.78, 5) is 0.644. The van der Waals surface area contributed by atoms with Crippen molar-refractivity contribution in [2.24, 2.45) is 17.3 Å². The van der Waals surface area contributed by atoms with E-state index in [1.54, 1.807) is 0 Å². The van der Waals surface area contributed by atoms with Crippen molar-refractivity contribution in [1.29, 1.82) is 0 Å². The van der Waals surface area contributed by atoms with E-state index >= 15 is 0 Å². The van der Waals surface area contributed by atoms with Crippen LogP contribution in [0.3, 0.4) is 0 Å². The van der Waals surface area contributed by atoms with E-state index < -0.39 is 0 Å². The second kappa shape index (κ2) is 6.64. The summed E-state index contributed by atoms with van der Waals surface area (Å²) >= 11 is 3.97. The molecule has 2 rings (SSSR count). The fraction of sp³-hybridized carbons (Fsp3) is 0.684. The molecule has 0 spiro atoms. The number of halogens is 1. The summed E-state index contributed by atoms with van der Waals surface area (Å²) in [5, 5.41) is 0. The monoisotopic (exact) mass is 336 g/mol. The van der Waals surface area contributed by atoms with E-state index in [0.29, 0.717) is 10.2 Å². The molecular weight excluding hydrogens is 308 g/mol.